The number of hydrogen-bond acceptors (Lipinski definition) is 5. The fraction of sp³-hybridized carbons (Fsp3) is 0.667. The Balaban J connectivity index is -0.0000000733. The fourth-order valence-corrected chi connectivity index (χ4v) is 0.374. The third kappa shape index (κ3) is 51.9. The van der Waals surface area contributed by atoms with Gasteiger partial charge in [-0.2, -0.15) is 0 Å². The number of carbonyl (C=O) groups excluding carboxylic acids is 2. The second-order valence-electron chi connectivity index (χ2n) is 1.69. The monoisotopic (exact) mass is 242 g/mol. The van der Waals surface area contributed by atoms with E-state index in [9.17, 15) is 4.79 Å². The van der Waals surface area contributed by atoms with E-state index in [1.54, 1.807) is 0 Å². The molecule has 0 bridgehead atoms. The van der Waals surface area contributed by atoms with Gasteiger partial charge >= 0.3 is 64.5 Å². The van der Waals surface area contributed by atoms with Crippen LogP contribution in [0.2, 0.25) is 0 Å². The summed E-state index contributed by atoms with van der Waals surface area (Å²) in [5.74, 6) is 0. The summed E-state index contributed by atoms with van der Waals surface area (Å²) in [6, 6.07) is 0. The van der Waals surface area contributed by atoms with E-state index in [2.05, 4.69) is 4.74 Å². The van der Waals surface area contributed by atoms with Crippen LogP contribution in [0.25, 0.3) is 0 Å². The van der Waals surface area contributed by atoms with Crippen LogP contribution in [0.5, 0.6) is 0 Å². The summed E-state index contributed by atoms with van der Waals surface area (Å²) in [5, 5.41) is 16.7. The number of ether oxygens (including phenoxy) is 1. The average molecular weight is 243 g/mol. The van der Waals surface area contributed by atoms with Crippen LogP contribution in [0.15, 0.2) is 0 Å². The summed E-state index contributed by atoms with van der Waals surface area (Å²) in [6.45, 7) is 2.46. The molecular weight excluding hydrogens is 233 g/mol. The van der Waals surface area contributed by atoms with E-state index in [0.717, 1.165) is 12.8 Å². The van der Waals surface area contributed by atoms with Crippen LogP contribution >= 0.6 is 11.6 Å². The van der Waals surface area contributed by atoms with E-state index < -0.39 is 11.6 Å². The van der Waals surface area contributed by atoms with Crippen LogP contribution in [0.3, 0.4) is 0 Å². The predicted molar refractivity (Wildman–Crippen MR) is 37.5 cm³/mol. The van der Waals surface area contributed by atoms with E-state index in [-0.39, 0.29) is 59.1 Å². The van der Waals surface area contributed by atoms with E-state index in [0.29, 0.717) is 6.61 Å². The van der Waals surface area contributed by atoms with Crippen molar-refractivity contribution in [3.8, 4) is 0 Å². The number of unbranched alkanes of at least 4 members (excludes halogenated alkanes) is 1. The molecule has 0 radical (unpaired) electrons. The molecule has 0 rings (SSSR count). The van der Waals surface area contributed by atoms with Crippen LogP contribution < -0.4 is 69.3 Å². The molecule has 0 aromatic rings. The van der Waals surface area contributed by atoms with Gasteiger partial charge in [0.25, 0.3) is 0 Å². The Morgan fingerprint density at radius 2 is 1.64 bits per heavy atom. The molecule has 0 atom stereocenters. The van der Waals surface area contributed by atoms with Crippen molar-refractivity contribution in [1.29, 1.82) is 0 Å². The van der Waals surface area contributed by atoms with Gasteiger partial charge in [-0.3, -0.25) is 0 Å². The van der Waals surface area contributed by atoms with E-state index >= 15 is 0 Å². The van der Waals surface area contributed by atoms with Gasteiger partial charge in [0.1, 0.15) is 0 Å². The Morgan fingerprint density at radius 3 is 1.86 bits per heavy atom. The number of hydrogen-bond donors (Lipinski definition) is 0. The molecule has 0 heterocycles. The quantitative estimate of drug-likeness (QED) is 0.279. The maximum atomic E-state index is 9.86. The third-order valence-corrected chi connectivity index (χ3v) is 0.823. The Bertz CT molecular complexity index is 140. The summed E-state index contributed by atoms with van der Waals surface area (Å²) >= 11 is 4.85. The second-order valence-corrected chi connectivity index (χ2v) is 2.00. The molecule has 0 aliphatic rings. The van der Waals surface area contributed by atoms with E-state index in [4.69, 9.17) is 26.6 Å². The van der Waals surface area contributed by atoms with Crippen molar-refractivity contribution in [2.45, 2.75) is 19.8 Å². The van der Waals surface area contributed by atoms with Crippen molar-refractivity contribution >= 4 is 23.2 Å². The molecule has 0 aliphatic heterocycles. The molecule has 0 saturated carbocycles. The van der Waals surface area contributed by atoms with Crippen LogP contribution in [0, 0.1) is 0 Å². The standard InChI is InChI=1S/C5H9ClO2.CH2O3.2Na/c1-2-3-4-8-5(6)7;2-1(3)4;;/h2-4H2,1H3;(H2,2,3,4);;/q;;2*+1/p-2. The maximum absolute atomic E-state index is 9.86. The van der Waals surface area contributed by atoms with Gasteiger partial charge in [-0.05, 0) is 12.6 Å². The van der Waals surface area contributed by atoms with Gasteiger partial charge in [-0.15, -0.1) is 0 Å². The van der Waals surface area contributed by atoms with E-state index in [1.807, 2.05) is 6.92 Å². The van der Waals surface area contributed by atoms with Crippen molar-refractivity contribution in [1.82, 2.24) is 0 Å². The van der Waals surface area contributed by atoms with Crippen LogP contribution in [-0.2, 0) is 4.74 Å². The first kappa shape index (κ1) is 24.3. The summed E-state index contributed by atoms with van der Waals surface area (Å²) < 4.78 is 4.41. The molecule has 0 unspecified atom stereocenters. The first-order valence-corrected chi connectivity index (χ1v) is 3.58. The predicted octanol–water partition coefficient (Wildman–Crippen LogP) is -6.28. The smallest absolute Gasteiger partial charge is 0.652 e. The first-order valence-electron chi connectivity index (χ1n) is 3.21. The molecule has 0 N–H and O–H groups in total. The molecule has 8 heteroatoms. The largest absolute Gasteiger partial charge is 1.00 e. The molecule has 0 aromatic heterocycles. The van der Waals surface area contributed by atoms with Gasteiger partial charge in [0.15, 0.2) is 0 Å². The summed E-state index contributed by atoms with van der Waals surface area (Å²) in [7, 11) is 0. The van der Waals surface area contributed by atoms with Gasteiger partial charge in [0.2, 0.25) is 0 Å². The molecule has 0 aliphatic carbocycles. The molecular formula is C6H9ClNa2O5. The minimum Gasteiger partial charge on any atom is -0.652 e. The van der Waals surface area contributed by atoms with Crippen molar-refractivity contribution in [2.24, 2.45) is 0 Å². The Morgan fingerprint density at radius 1 is 1.29 bits per heavy atom. The topological polar surface area (TPSA) is 89.5 Å². The Labute approximate surface area is 132 Å². The minimum atomic E-state index is -2.33. The van der Waals surface area contributed by atoms with Gasteiger partial charge in [0.05, 0.1) is 6.61 Å². The molecule has 72 valence electrons. The van der Waals surface area contributed by atoms with Crippen LogP contribution in [0.4, 0.5) is 9.59 Å². The average Bonchev–Trinajstić information content (AvgIpc) is 1.86. The summed E-state index contributed by atoms with van der Waals surface area (Å²) in [5.41, 5.74) is -0.710. The van der Waals surface area contributed by atoms with Crippen LogP contribution in [-0.4, -0.2) is 18.2 Å². The molecule has 0 fully saturated rings. The second kappa shape index (κ2) is 19.6. The Kier molecular flexibility index (Phi) is 34.0. The van der Waals surface area contributed by atoms with Crippen molar-refractivity contribution in [3.05, 3.63) is 0 Å². The normalized spacial score (nSPS) is 6.71. The summed E-state index contributed by atoms with van der Waals surface area (Å²) in [6.07, 6.45) is -0.428. The number of carbonyl (C=O) groups is 2. The molecule has 0 spiro atoms. The van der Waals surface area contributed by atoms with Crippen molar-refractivity contribution < 1.29 is 83.7 Å². The van der Waals surface area contributed by atoms with E-state index in [1.165, 1.54) is 0 Å². The third-order valence-electron chi connectivity index (χ3n) is 0.713. The Hall–Kier alpha value is 1.03. The van der Waals surface area contributed by atoms with Crippen molar-refractivity contribution in [3.63, 3.8) is 0 Å². The number of carboxylic acid groups (broad SMARTS) is 2. The first-order chi connectivity index (χ1) is 5.50. The molecule has 0 aromatic carbocycles. The maximum Gasteiger partial charge on any atom is 1.00 e. The minimum absolute atomic E-state index is 0. The van der Waals surface area contributed by atoms with Gasteiger partial charge in [0, 0.05) is 11.6 Å². The van der Waals surface area contributed by atoms with Gasteiger partial charge in [-0.25, -0.2) is 4.79 Å². The van der Waals surface area contributed by atoms with Gasteiger partial charge < -0.3 is 19.7 Å². The summed E-state index contributed by atoms with van der Waals surface area (Å²) in [4.78, 5) is 18.2. The van der Waals surface area contributed by atoms with Crippen LogP contribution in [0.1, 0.15) is 19.8 Å². The van der Waals surface area contributed by atoms with Gasteiger partial charge in [-0.1, -0.05) is 13.3 Å². The van der Waals surface area contributed by atoms with Crippen molar-refractivity contribution in [2.75, 3.05) is 6.61 Å². The number of rotatable bonds is 3. The number of halogens is 1. The zero-order valence-corrected chi connectivity index (χ0v) is 13.3. The molecule has 5 nitrogen and oxygen atoms in total. The zero-order chi connectivity index (χ0) is 9.98. The molecule has 0 amide bonds. The molecule has 0 saturated heterocycles. The SMILES string of the molecule is CCCCOC(=O)Cl.O=C([O-])[O-].[Na+].[Na+]. The molecule has 14 heavy (non-hydrogen) atoms. The fourth-order valence-electron chi connectivity index (χ4n) is 0.297. The zero-order valence-electron chi connectivity index (χ0n) is 8.54.